The predicted octanol–water partition coefficient (Wildman–Crippen LogP) is 2.47. The molecule has 0 N–H and O–H groups in total. The number of carbonyl (C=O) groups excluding carboxylic acids is 1. The van der Waals surface area contributed by atoms with Crippen molar-refractivity contribution in [3.63, 3.8) is 0 Å². The van der Waals surface area contributed by atoms with Crippen LogP contribution in [-0.2, 0) is 4.79 Å². The Morgan fingerprint density at radius 3 is 2.00 bits per heavy atom. The van der Waals surface area contributed by atoms with Gasteiger partial charge < -0.3 is 4.90 Å². The second-order valence-electron chi connectivity index (χ2n) is 7.16. The van der Waals surface area contributed by atoms with Gasteiger partial charge in [0.1, 0.15) is 0 Å². The van der Waals surface area contributed by atoms with Crippen LogP contribution in [-0.4, -0.2) is 48.4 Å². The van der Waals surface area contributed by atoms with Crippen molar-refractivity contribution in [2.75, 3.05) is 32.7 Å². The predicted molar refractivity (Wildman–Crippen MR) is 78.9 cm³/mol. The summed E-state index contributed by atoms with van der Waals surface area (Å²) >= 11 is 0. The van der Waals surface area contributed by atoms with Crippen LogP contribution < -0.4 is 0 Å². The van der Waals surface area contributed by atoms with Gasteiger partial charge in [0, 0.05) is 26.2 Å². The van der Waals surface area contributed by atoms with Crippen molar-refractivity contribution in [1.29, 1.82) is 0 Å². The molecule has 2 fully saturated rings. The lowest BCUT2D eigenvalue weighted by atomic mass is 9.86. The van der Waals surface area contributed by atoms with E-state index in [1.807, 2.05) is 0 Å². The Hall–Kier alpha value is -0.570. The van der Waals surface area contributed by atoms with E-state index >= 15 is 0 Å². The highest BCUT2D eigenvalue weighted by molar-refractivity contribution is 5.78. The van der Waals surface area contributed by atoms with Gasteiger partial charge in [-0.1, -0.05) is 27.7 Å². The van der Waals surface area contributed by atoms with Gasteiger partial charge in [-0.3, -0.25) is 9.69 Å². The molecule has 0 spiro atoms. The van der Waals surface area contributed by atoms with Gasteiger partial charge in [-0.05, 0) is 36.5 Å². The number of likely N-dealkylation sites (tertiary alicyclic amines) is 2. The van der Waals surface area contributed by atoms with Crippen molar-refractivity contribution in [2.24, 2.45) is 23.7 Å². The summed E-state index contributed by atoms with van der Waals surface area (Å²) in [4.78, 5) is 16.6. The Morgan fingerprint density at radius 2 is 1.53 bits per heavy atom. The number of hydrogen-bond donors (Lipinski definition) is 0. The summed E-state index contributed by atoms with van der Waals surface area (Å²) in [5.41, 5.74) is 0. The molecule has 2 rings (SSSR count). The van der Waals surface area contributed by atoms with E-state index in [4.69, 9.17) is 0 Å². The standard InChI is InChI=1S/C16H30N2O/c1-12(2)14-5-7-18(8-6-14)16(19)11-17-9-15(10-17)13(3)4/h12-15H,5-11H2,1-4H3. The highest BCUT2D eigenvalue weighted by Gasteiger charge is 2.32. The maximum atomic E-state index is 12.2. The summed E-state index contributed by atoms with van der Waals surface area (Å²) in [6.07, 6.45) is 2.38. The first kappa shape index (κ1) is 14.8. The molecule has 2 heterocycles. The fraction of sp³-hybridized carbons (Fsp3) is 0.938. The molecule has 2 saturated heterocycles. The molecule has 0 aliphatic carbocycles. The quantitative estimate of drug-likeness (QED) is 0.780. The molecule has 0 aromatic carbocycles. The van der Waals surface area contributed by atoms with Gasteiger partial charge in [0.15, 0.2) is 0 Å². The van der Waals surface area contributed by atoms with Crippen molar-refractivity contribution in [3.8, 4) is 0 Å². The molecule has 0 radical (unpaired) electrons. The van der Waals surface area contributed by atoms with E-state index in [2.05, 4.69) is 37.5 Å². The van der Waals surface area contributed by atoms with Crippen LogP contribution >= 0.6 is 0 Å². The normalized spacial score (nSPS) is 23.2. The second-order valence-corrected chi connectivity index (χ2v) is 7.16. The van der Waals surface area contributed by atoms with Crippen molar-refractivity contribution >= 4 is 5.91 Å². The molecule has 0 bridgehead atoms. The third-order valence-electron chi connectivity index (χ3n) is 5.12. The van der Waals surface area contributed by atoms with Crippen LogP contribution in [0.1, 0.15) is 40.5 Å². The number of piperidine rings is 1. The number of rotatable bonds is 4. The van der Waals surface area contributed by atoms with Crippen LogP contribution in [0.25, 0.3) is 0 Å². The molecule has 3 nitrogen and oxygen atoms in total. The van der Waals surface area contributed by atoms with Gasteiger partial charge in [-0.15, -0.1) is 0 Å². The van der Waals surface area contributed by atoms with E-state index in [9.17, 15) is 4.79 Å². The Labute approximate surface area is 118 Å². The molecule has 110 valence electrons. The average molecular weight is 266 g/mol. The van der Waals surface area contributed by atoms with Crippen molar-refractivity contribution in [2.45, 2.75) is 40.5 Å². The fourth-order valence-corrected chi connectivity index (χ4v) is 3.27. The molecule has 2 aliphatic heterocycles. The smallest absolute Gasteiger partial charge is 0.236 e. The molecule has 0 saturated carbocycles. The Bertz CT molecular complexity index is 300. The first-order valence-electron chi connectivity index (χ1n) is 7.97. The summed E-state index contributed by atoms with van der Waals surface area (Å²) in [5, 5.41) is 0. The summed E-state index contributed by atoms with van der Waals surface area (Å²) < 4.78 is 0. The second kappa shape index (κ2) is 6.25. The minimum absolute atomic E-state index is 0.351. The zero-order valence-corrected chi connectivity index (χ0v) is 13.1. The van der Waals surface area contributed by atoms with E-state index in [1.165, 1.54) is 12.8 Å². The fourth-order valence-electron chi connectivity index (χ4n) is 3.27. The molecule has 0 atom stereocenters. The Kier molecular flexibility index (Phi) is 4.88. The third-order valence-corrected chi connectivity index (χ3v) is 5.12. The summed E-state index contributed by atoms with van der Waals surface area (Å²) in [7, 11) is 0. The first-order chi connectivity index (χ1) is 8.97. The van der Waals surface area contributed by atoms with E-state index < -0.39 is 0 Å². The first-order valence-corrected chi connectivity index (χ1v) is 7.97. The van der Waals surface area contributed by atoms with Crippen LogP contribution in [0, 0.1) is 23.7 Å². The number of amides is 1. The van der Waals surface area contributed by atoms with E-state index in [0.717, 1.165) is 49.9 Å². The summed E-state index contributed by atoms with van der Waals surface area (Å²) in [6, 6.07) is 0. The molecule has 1 amide bonds. The molecule has 0 aromatic heterocycles. The van der Waals surface area contributed by atoms with Gasteiger partial charge >= 0.3 is 0 Å². The maximum Gasteiger partial charge on any atom is 0.236 e. The number of nitrogens with zero attached hydrogens (tertiary/aromatic N) is 2. The molecule has 3 heteroatoms. The molecular formula is C16H30N2O. The van der Waals surface area contributed by atoms with Gasteiger partial charge in [-0.25, -0.2) is 0 Å². The SMILES string of the molecule is CC(C)C1CCN(C(=O)CN2CC(C(C)C)C2)CC1. The topological polar surface area (TPSA) is 23.6 Å². The zero-order valence-electron chi connectivity index (χ0n) is 13.1. The minimum atomic E-state index is 0.351. The Balaban J connectivity index is 1.68. The average Bonchev–Trinajstić information content (AvgIpc) is 2.32. The van der Waals surface area contributed by atoms with Gasteiger partial charge in [-0.2, -0.15) is 0 Å². The molecule has 19 heavy (non-hydrogen) atoms. The largest absolute Gasteiger partial charge is 0.342 e. The van der Waals surface area contributed by atoms with Crippen LogP contribution in [0.2, 0.25) is 0 Å². The van der Waals surface area contributed by atoms with E-state index in [1.54, 1.807) is 0 Å². The maximum absolute atomic E-state index is 12.2. The molecule has 2 aliphatic rings. The summed E-state index contributed by atoms with van der Waals surface area (Å²) in [5.74, 6) is 3.50. The van der Waals surface area contributed by atoms with Crippen LogP contribution in [0.15, 0.2) is 0 Å². The molecule has 0 aromatic rings. The highest BCUT2D eigenvalue weighted by atomic mass is 16.2. The van der Waals surface area contributed by atoms with Crippen molar-refractivity contribution in [1.82, 2.24) is 9.80 Å². The monoisotopic (exact) mass is 266 g/mol. The van der Waals surface area contributed by atoms with Gasteiger partial charge in [0.25, 0.3) is 0 Å². The number of hydrogen-bond acceptors (Lipinski definition) is 2. The van der Waals surface area contributed by atoms with E-state index in [-0.39, 0.29) is 0 Å². The lowest BCUT2D eigenvalue weighted by Crippen LogP contribution is -2.53. The van der Waals surface area contributed by atoms with Crippen molar-refractivity contribution < 1.29 is 4.79 Å². The lowest BCUT2D eigenvalue weighted by molar-refractivity contribution is -0.136. The minimum Gasteiger partial charge on any atom is -0.342 e. The van der Waals surface area contributed by atoms with Crippen molar-refractivity contribution in [3.05, 3.63) is 0 Å². The van der Waals surface area contributed by atoms with Crippen LogP contribution in [0.5, 0.6) is 0 Å². The highest BCUT2D eigenvalue weighted by Crippen LogP contribution is 2.26. The third kappa shape index (κ3) is 3.71. The molecule has 0 unspecified atom stereocenters. The van der Waals surface area contributed by atoms with Crippen LogP contribution in [0.3, 0.4) is 0 Å². The van der Waals surface area contributed by atoms with Crippen LogP contribution in [0.4, 0.5) is 0 Å². The van der Waals surface area contributed by atoms with Gasteiger partial charge in [0.05, 0.1) is 6.54 Å². The summed E-state index contributed by atoms with van der Waals surface area (Å²) in [6.45, 7) is 14.0. The lowest BCUT2D eigenvalue weighted by Gasteiger charge is -2.42. The van der Waals surface area contributed by atoms with E-state index in [0.29, 0.717) is 12.5 Å². The number of carbonyl (C=O) groups is 1. The Morgan fingerprint density at radius 1 is 1.00 bits per heavy atom. The van der Waals surface area contributed by atoms with Gasteiger partial charge in [0.2, 0.25) is 5.91 Å². The molecular weight excluding hydrogens is 236 g/mol. The zero-order chi connectivity index (χ0) is 14.0.